The molecule has 2 unspecified atom stereocenters. The average molecular weight is 362 g/mol. The normalized spacial score (nSPS) is 18.5. The van der Waals surface area contributed by atoms with E-state index in [1.165, 1.54) is 7.11 Å². The van der Waals surface area contributed by atoms with Gasteiger partial charge in [-0.15, -0.1) is 12.4 Å². The summed E-state index contributed by atoms with van der Waals surface area (Å²) in [5.74, 6) is -0.360. The van der Waals surface area contributed by atoms with Gasteiger partial charge in [-0.1, -0.05) is 17.7 Å². The Labute approximate surface area is 146 Å². The largest absolute Gasteiger partial charge is 0.380 e. The van der Waals surface area contributed by atoms with Crippen LogP contribution in [0.1, 0.15) is 12.8 Å². The number of amides is 2. The smallest absolute Gasteiger partial charge is 0.249 e. The minimum Gasteiger partial charge on any atom is -0.380 e. The quantitative estimate of drug-likeness (QED) is 0.800. The van der Waals surface area contributed by atoms with Crippen molar-refractivity contribution in [3.05, 3.63) is 29.3 Å². The van der Waals surface area contributed by atoms with Crippen LogP contribution in [-0.2, 0) is 14.3 Å². The van der Waals surface area contributed by atoms with Crippen LogP contribution in [0, 0.1) is 0 Å². The van der Waals surface area contributed by atoms with E-state index in [0.717, 1.165) is 5.69 Å². The molecule has 1 aliphatic heterocycles. The zero-order chi connectivity index (χ0) is 16.1. The van der Waals surface area contributed by atoms with Gasteiger partial charge in [-0.05, 0) is 24.6 Å². The van der Waals surface area contributed by atoms with Crippen molar-refractivity contribution in [3.63, 3.8) is 0 Å². The number of nitrogens with zero attached hydrogens (tertiary/aromatic N) is 1. The average Bonchev–Trinajstić information content (AvgIpc) is 2.86. The SMILES string of the molecule is COC(CN)CC(=O)NC1CCN(c2cccc(Cl)c2)C1=O.Cl. The van der Waals surface area contributed by atoms with Crippen LogP contribution in [0.25, 0.3) is 0 Å². The van der Waals surface area contributed by atoms with Crippen LogP contribution in [0.3, 0.4) is 0 Å². The Morgan fingerprint density at radius 2 is 2.30 bits per heavy atom. The molecule has 0 radical (unpaired) electrons. The Morgan fingerprint density at radius 1 is 1.57 bits per heavy atom. The van der Waals surface area contributed by atoms with Gasteiger partial charge in [0.05, 0.1) is 12.5 Å². The third-order valence-corrected chi connectivity index (χ3v) is 3.90. The van der Waals surface area contributed by atoms with Crippen LogP contribution in [0.15, 0.2) is 24.3 Å². The first-order valence-corrected chi connectivity index (χ1v) is 7.52. The molecule has 0 saturated carbocycles. The van der Waals surface area contributed by atoms with E-state index < -0.39 is 6.04 Å². The van der Waals surface area contributed by atoms with E-state index in [1.807, 2.05) is 6.07 Å². The molecule has 3 N–H and O–H groups in total. The molecule has 1 heterocycles. The van der Waals surface area contributed by atoms with Crippen LogP contribution in [0.5, 0.6) is 0 Å². The topological polar surface area (TPSA) is 84.7 Å². The predicted molar refractivity (Wildman–Crippen MR) is 92.1 cm³/mol. The lowest BCUT2D eigenvalue weighted by Crippen LogP contribution is -2.43. The number of rotatable bonds is 6. The number of hydrogen-bond donors (Lipinski definition) is 2. The molecule has 1 aromatic rings. The Balaban J connectivity index is 0.00000264. The zero-order valence-corrected chi connectivity index (χ0v) is 14.4. The maximum atomic E-state index is 12.4. The summed E-state index contributed by atoms with van der Waals surface area (Å²) in [6.07, 6.45) is 0.381. The number of nitrogens with two attached hydrogens (primary N) is 1. The molecule has 1 aliphatic rings. The number of anilines is 1. The van der Waals surface area contributed by atoms with Crippen molar-refractivity contribution in [3.8, 4) is 0 Å². The Bertz CT molecular complexity index is 553. The maximum absolute atomic E-state index is 12.4. The fourth-order valence-electron chi connectivity index (χ4n) is 2.44. The highest BCUT2D eigenvalue weighted by Gasteiger charge is 2.33. The van der Waals surface area contributed by atoms with Crippen molar-refractivity contribution < 1.29 is 14.3 Å². The summed E-state index contributed by atoms with van der Waals surface area (Å²) >= 11 is 5.95. The minimum atomic E-state index is -0.512. The van der Waals surface area contributed by atoms with Gasteiger partial charge in [0.15, 0.2) is 0 Å². The van der Waals surface area contributed by atoms with Crippen LogP contribution in [0.4, 0.5) is 5.69 Å². The molecular weight excluding hydrogens is 341 g/mol. The van der Waals surface area contributed by atoms with Crippen molar-refractivity contribution in [2.24, 2.45) is 5.73 Å². The van der Waals surface area contributed by atoms with Crippen molar-refractivity contribution in [1.82, 2.24) is 5.32 Å². The maximum Gasteiger partial charge on any atom is 0.249 e. The van der Waals surface area contributed by atoms with Crippen molar-refractivity contribution in [2.75, 3.05) is 25.1 Å². The molecular formula is C15H21Cl2N3O3. The number of halogens is 2. The molecule has 1 aromatic carbocycles. The number of ether oxygens (including phenoxy) is 1. The number of carbonyl (C=O) groups is 2. The molecule has 1 saturated heterocycles. The Kier molecular flexibility index (Phi) is 7.78. The van der Waals surface area contributed by atoms with Crippen molar-refractivity contribution >= 4 is 41.5 Å². The third-order valence-electron chi connectivity index (χ3n) is 3.67. The van der Waals surface area contributed by atoms with E-state index in [0.29, 0.717) is 18.0 Å². The summed E-state index contributed by atoms with van der Waals surface area (Å²) in [4.78, 5) is 26.0. The lowest BCUT2D eigenvalue weighted by molar-refractivity contribution is -0.128. The molecule has 2 amide bonds. The predicted octanol–water partition coefficient (Wildman–Crippen LogP) is 1.35. The second kappa shape index (κ2) is 9.08. The molecule has 23 heavy (non-hydrogen) atoms. The molecule has 2 atom stereocenters. The molecule has 0 aromatic heterocycles. The van der Waals surface area contributed by atoms with Gasteiger partial charge in [-0.2, -0.15) is 0 Å². The first kappa shape index (κ1) is 19.7. The molecule has 6 nitrogen and oxygen atoms in total. The standard InChI is InChI=1S/C15H20ClN3O3.ClH/c1-22-12(9-17)8-14(20)18-13-5-6-19(15(13)21)11-4-2-3-10(16)7-11;/h2-4,7,12-13H,5-6,8-9,17H2,1H3,(H,18,20);1H. The highest BCUT2D eigenvalue weighted by Crippen LogP contribution is 2.24. The van der Waals surface area contributed by atoms with Crippen molar-refractivity contribution in [2.45, 2.75) is 25.0 Å². The fourth-order valence-corrected chi connectivity index (χ4v) is 2.62. The molecule has 0 spiro atoms. The number of benzene rings is 1. The van der Waals surface area contributed by atoms with E-state index in [1.54, 1.807) is 23.1 Å². The van der Waals surface area contributed by atoms with Gasteiger partial charge in [0.2, 0.25) is 11.8 Å². The highest BCUT2D eigenvalue weighted by atomic mass is 35.5. The summed E-state index contributed by atoms with van der Waals surface area (Å²) in [7, 11) is 1.51. The number of hydrogen-bond acceptors (Lipinski definition) is 4. The number of methoxy groups -OCH3 is 1. The van der Waals surface area contributed by atoms with Gasteiger partial charge in [-0.3, -0.25) is 9.59 Å². The monoisotopic (exact) mass is 361 g/mol. The lowest BCUT2D eigenvalue weighted by atomic mass is 10.2. The Hall–Kier alpha value is -1.34. The van der Waals surface area contributed by atoms with Gasteiger partial charge in [-0.25, -0.2) is 0 Å². The number of carbonyl (C=O) groups excluding carboxylic acids is 2. The van der Waals surface area contributed by atoms with Gasteiger partial charge in [0, 0.05) is 30.9 Å². The summed E-state index contributed by atoms with van der Waals surface area (Å²) in [6, 6.07) is 6.59. The van der Waals surface area contributed by atoms with Gasteiger partial charge in [0.25, 0.3) is 0 Å². The van der Waals surface area contributed by atoms with Crippen LogP contribution in [0.2, 0.25) is 5.02 Å². The molecule has 128 valence electrons. The first-order chi connectivity index (χ1) is 10.5. The highest BCUT2D eigenvalue weighted by molar-refractivity contribution is 6.31. The van der Waals surface area contributed by atoms with E-state index in [-0.39, 0.29) is 43.3 Å². The molecule has 2 rings (SSSR count). The van der Waals surface area contributed by atoms with Crippen LogP contribution < -0.4 is 16.0 Å². The summed E-state index contributed by atoms with van der Waals surface area (Å²) < 4.78 is 5.07. The molecule has 8 heteroatoms. The van der Waals surface area contributed by atoms with E-state index in [2.05, 4.69) is 5.32 Å². The van der Waals surface area contributed by atoms with Crippen molar-refractivity contribution in [1.29, 1.82) is 0 Å². The summed E-state index contributed by atoms with van der Waals surface area (Å²) in [5.41, 5.74) is 6.23. The first-order valence-electron chi connectivity index (χ1n) is 7.14. The minimum absolute atomic E-state index is 0. The number of nitrogens with one attached hydrogen (secondary N) is 1. The van der Waals surface area contributed by atoms with E-state index in [9.17, 15) is 9.59 Å². The second-order valence-electron chi connectivity index (χ2n) is 5.18. The molecule has 1 fully saturated rings. The Morgan fingerprint density at radius 3 is 2.91 bits per heavy atom. The zero-order valence-electron chi connectivity index (χ0n) is 12.8. The third kappa shape index (κ3) is 5.07. The lowest BCUT2D eigenvalue weighted by Gasteiger charge is -2.18. The van der Waals surface area contributed by atoms with Gasteiger partial charge >= 0.3 is 0 Å². The second-order valence-corrected chi connectivity index (χ2v) is 5.61. The fraction of sp³-hybridized carbons (Fsp3) is 0.467. The molecule has 0 bridgehead atoms. The van der Waals surface area contributed by atoms with Gasteiger partial charge < -0.3 is 20.7 Å². The van der Waals surface area contributed by atoms with Crippen LogP contribution >= 0.6 is 24.0 Å². The van der Waals surface area contributed by atoms with Crippen LogP contribution in [-0.4, -0.2) is 44.2 Å². The van der Waals surface area contributed by atoms with E-state index >= 15 is 0 Å². The molecule has 0 aliphatic carbocycles. The van der Waals surface area contributed by atoms with E-state index in [4.69, 9.17) is 22.1 Å². The summed E-state index contributed by atoms with van der Waals surface area (Å²) in [5, 5.41) is 3.32. The summed E-state index contributed by atoms with van der Waals surface area (Å²) in [6.45, 7) is 0.811. The van der Waals surface area contributed by atoms with Gasteiger partial charge in [0.1, 0.15) is 6.04 Å².